The van der Waals surface area contributed by atoms with Crippen molar-refractivity contribution in [3.05, 3.63) is 241 Å². The van der Waals surface area contributed by atoms with Crippen molar-refractivity contribution in [3.63, 3.8) is 0 Å². The molecule has 58 heavy (non-hydrogen) atoms. The summed E-state index contributed by atoms with van der Waals surface area (Å²) in [6.07, 6.45) is 17.2. The molecule has 0 aliphatic rings. The molecule has 0 saturated carbocycles. The molecule has 0 aliphatic heterocycles. The third-order valence-electron chi connectivity index (χ3n) is 9.84. The summed E-state index contributed by atoms with van der Waals surface area (Å²) in [5.41, 5.74) is 13.1. The Morgan fingerprint density at radius 1 is 0.345 bits per heavy atom. The second kappa shape index (κ2) is 20.2. The van der Waals surface area contributed by atoms with Crippen molar-refractivity contribution in [1.29, 1.82) is 0 Å². The van der Waals surface area contributed by atoms with E-state index in [0.29, 0.717) is 0 Å². The average Bonchev–Trinajstić information content (AvgIpc) is 3.28. The van der Waals surface area contributed by atoms with Crippen LogP contribution in [-0.4, -0.2) is 0 Å². The molecule has 4 heteroatoms. The average molecular weight is 759 g/mol. The molecule has 0 heterocycles. The van der Waals surface area contributed by atoms with E-state index in [0.717, 1.165) is 68.3 Å². The van der Waals surface area contributed by atoms with Gasteiger partial charge in [0.2, 0.25) is 0 Å². The van der Waals surface area contributed by atoms with Gasteiger partial charge in [0.25, 0.3) is 0 Å². The standard InChI is InChI=1S/C54H54N4/c1-7-23-45(9-3)55(43(5)33-34-44(6)56(47-25-15-11-16-26-47)48-27-17-12-18-28-48)51-35-37-53(38-36-51)58(50-31-21-14-22-32-50)54-41-39-52(40-42-54)57(46(10-4)24-8-2)49-29-19-13-20-30-49/h7-42H,1-6H3/b23-7-,24-8-,43-33+,44-34+,45-9+,46-10+. The van der Waals surface area contributed by atoms with Gasteiger partial charge in [0.05, 0.1) is 0 Å². The molecule has 0 atom stereocenters. The Labute approximate surface area is 346 Å². The number of hydrogen-bond donors (Lipinski definition) is 0. The molecule has 0 spiro atoms. The number of rotatable bonds is 15. The quantitative estimate of drug-likeness (QED) is 0.0967. The fraction of sp³-hybridized carbons (Fsp3) is 0.111. The van der Waals surface area contributed by atoms with E-state index < -0.39 is 0 Å². The molecule has 0 bridgehead atoms. The molecule has 0 unspecified atom stereocenters. The van der Waals surface area contributed by atoms with Crippen molar-refractivity contribution in [2.24, 2.45) is 0 Å². The van der Waals surface area contributed by atoms with Gasteiger partial charge >= 0.3 is 0 Å². The lowest BCUT2D eigenvalue weighted by molar-refractivity contribution is 1.09. The number of benzene rings is 6. The fourth-order valence-corrected chi connectivity index (χ4v) is 7.15. The van der Waals surface area contributed by atoms with Crippen LogP contribution in [0.5, 0.6) is 0 Å². The van der Waals surface area contributed by atoms with Crippen LogP contribution < -0.4 is 19.6 Å². The highest BCUT2D eigenvalue weighted by Gasteiger charge is 2.18. The molecule has 290 valence electrons. The van der Waals surface area contributed by atoms with E-state index in [1.54, 1.807) is 0 Å². The summed E-state index contributed by atoms with van der Waals surface area (Å²) in [6, 6.07) is 59.8. The maximum Gasteiger partial charge on any atom is 0.0463 e. The van der Waals surface area contributed by atoms with E-state index in [1.165, 1.54) is 0 Å². The van der Waals surface area contributed by atoms with Crippen LogP contribution in [0.2, 0.25) is 0 Å². The molecule has 0 fully saturated rings. The van der Waals surface area contributed by atoms with Crippen molar-refractivity contribution >= 4 is 45.5 Å². The molecule has 4 nitrogen and oxygen atoms in total. The Hall–Kier alpha value is -7.04. The molecule has 6 aromatic carbocycles. The summed E-state index contributed by atoms with van der Waals surface area (Å²) in [4.78, 5) is 9.20. The monoisotopic (exact) mass is 758 g/mol. The first-order valence-electron chi connectivity index (χ1n) is 20.0. The Balaban J connectivity index is 1.36. The normalized spacial score (nSPS) is 12.6. The molecule has 0 saturated heterocycles. The van der Waals surface area contributed by atoms with Crippen molar-refractivity contribution in [2.45, 2.75) is 41.5 Å². The maximum absolute atomic E-state index is 2.31. The first-order valence-corrected chi connectivity index (χ1v) is 20.0. The highest BCUT2D eigenvalue weighted by molar-refractivity contribution is 5.80. The van der Waals surface area contributed by atoms with E-state index in [9.17, 15) is 0 Å². The first-order chi connectivity index (χ1) is 28.5. The van der Waals surface area contributed by atoms with E-state index in [2.05, 4.69) is 280 Å². The van der Waals surface area contributed by atoms with Crippen LogP contribution in [-0.2, 0) is 0 Å². The van der Waals surface area contributed by atoms with Gasteiger partial charge in [-0.25, -0.2) is 0 Å². The first kappa shape index (κ1) is 40.6. The minimum Gasteiger partial charge on any atom is -0.315 e. The van der Waals surface area contributed by atoms with Crippen LogP contribution in [0.15, 0.2) is 241 Å². The van der Waals surface area contributed by atoms with Gasteiger partial charge in [-0.1, -0.05) is 97.1 Å². The van der Waals surface area contributed by atoms with Gasteiger partial charge in [-0.15, -0.1) is 0 Å². The van der Waals surface area contributed by atoms with Gasteiger partial charge < -0.3 is 19.6 Å². The lowest BCUT2D eigenvalue weighted by Gasteiger charge is -2.30. The van der Waals surface area contributed by atoms with Crippen molar-refractivity contribution in [2.75, 3.05) is 19.6 Å². The van der Waals surface area contributed by atoms with Crippen LogP contribution >= 0.6 is 0 Å². The van der Waals surface area contributed by atoms with Crippen LogP contribution in [0.1, 0.15) is 41.5 Å². The van der Waals surface area contributed by atoms with E-state index in [-0.39, 0.29) is 0 Å². The molecule has 0 aliphatic carbocycles. The highest BCUT2D eigenvalue weighted by Crippen LogP contribution is 2.39. The summed E-state index contributed by atoms with van der Waals surface area (Å²) in [6.45, 7) is 12.6. The van der Waals surface area contributed by atoms with Crippen molar-refractivity contribution in [3.8, 4) is 0 Å². The zero-order valence-corrected chi connectivity index (χ0v) is 34.6. The Bertz CT molecular complexity index is 2330. The van der Waals surface area contributed by atoms with Crippen LogP contribution in [0.25, 0.3) is 0 Å². The number of anilines is 8. The minimum absolute atomic E-state index is 1.07. The summed E-state index contributed by atoms with van der Waals surface area (Å²) in [5, 5.41) is 0. The van der Waals surface area contributed by atoms with Gasteiger partial charge in [0.1, 0.15) is 0 Å². The van der Waals surface area contributed by atoms with Crippen LogP contribution in [0.4, 0.5) is 45.5 Å². The topological polar surface area (TPSA) is 13.0 Å². The second-order valence-electron chi connectivity index (χ2n) is 13.8. The summed E-state index contributed by atoms with van der Waals surface area (Å²) >= 11 is 0. The second-order valence-corrected chi connectivity index (χ2v) is 13.8. The van der Waals surface area contributed by atoms with Crippen LogP contribution in [0, 0.1) is 0 Å². The summed E-state index contributed by atoms with van der Waals surface area (Å²) < 4.78 is 0. The number of allylic oxidation sites excluding steroid dienone is 10. The lowest BCUT2D eigenvalue weighted by Crippen LogP contribution is -2.20. The highest BCUT2D eigenvalue weighted by atomic mass is 15.2. The third-order valence-corrected chi connectivity index (χ3v) is 9.84. The number of nitrogens with zero attached hydrogens (tertiary/aromatic N) is 4. The Morgan fingerprint density at radius 2 is 0.672 bits per heavy atom. The summed E-state index contributed by atoms with van der Waals surface area (Å²) in [5.74, 6) is 0. The molecule has 6 rings (SSSR count). The van der Waals surface area contributed by atoms with Gasteiger partial charge in [-0.05, 0) is 163 Å². The molecule has 0 aromatic heterocycles. The predicted molar refractivity (Wildman–Crippen MR) is 252 cm³/mol. The van der Waals surface area contributed by atoms with Gasteiger partial charge in [-0.2, -0.15) is 0 Å². The zero-order chi connectivity index (χ0) is 40.7. The Kier molecular flexibility index (Phi) is 14.2. The van der Waals surface area contributed by atoms with E-state index in [4.69, 9.17) is 0 Å². The molecule has 0 N–H and O–H groups in total. The predicted octanol–water partition coefficient (Wildman–Crippen LogP) is 15.7. The van der Waals surface area contributed by atoms with Gasteiger partial charge in [-0.3, -0.25) is 0 Å². The molecular formula is C54H54N4. The molecular weight excluding hydrogens is 705 g/mol. The van der Waals surface area contributed by atoms with Gasteiger partial charge in [0, 0.05) is 68.3 Å². The maximum atomic E-state index is 2.31. The zero-order valence-electron chi connectivity index (χ0n) is 34.6. The largest absolute Gasteiger partial charge is 0.315 e. The minimum atomic E-state index is 1.07. The Morgan fingerprint density at radius 3 is 1.10 bits per heavy atom. The molecule has 0 amide bonds. The van der Waals surface area contributed by atoms with Gasteiger partial charge in [0.15, 0.2) is 0 Å². The number of hydrogen-bond acceptors (Lipinski definition) is 4. The third kappa shape index (κ3) is 9.66. The number of para-hydroxylation sites is 4. The molecule has 6 aromatic rings. The van der Waals surface area contributed by atoms with Crippen LogP contribution in [0.3, 0.4) is 0 Å². The lowest BCUT2D eigenvalue weighted by atomic mass is 10.1. The smallest absolute Gasteiger partial charge is 0.0463 e. The molecule has 0 radical (unpaired) electrons. The van der Waals surface area contributed by atoms with E-state index in [1.807, 2.05) is 0 Å². The fourth-order valence-electron chi connectivity index (χ4n) is 7.15. The van der Waals surface area contributed by atoms with E-state index >= 15 is 0 Å². The SMILES string of the molecule is C/C=C\C(=C/C)N(/C(C)=C/C=C(\C)N(c1ccccc1)c1ccccc1)c1ccc(N(c2ccccc2)c2ccc(N(C(/C=C\C)=C/C)c3ccccc3)cc2)cc1. The summed E-state index contributed by atoms with van der Waals surface area (Å²) in [7, 11) is 0. The van der Waals surface area contributed by atoms with Crippen molar-refractivity contribution < 1.29 is 0 Å². The van der Waals surface area contributed by atoms with Crippen molar-refractivity contribution in [1.82, 2.24) is 0 Å².